The van der Waals surface area contributed by atoms with Crippen LogP contribution in [0.5, 0.6) is 0 Å². The topological polar surface area (TPSA) is 98.3 Å². The summed E-state index contributed by atoms with van der Waals surface area (Å²) in [5.74, 6) is -0.0846. The van der Waals surface area contributed by atoms with Crippen LogP contribution in [0.1, 0.15) is 37.8 Å². The Labute approximate surface area is 110 Å². The van der Waals surface area contributed by atoms with Crippen molar-refractivity contribution in [3.05, 3.63) is 37.4 Å². The van der Waals surface area contributed by atoms with Crippen LogP contribution in [0, 0.1) is 27.2 Å². The van der Waals surface area contributed by atoms with E-state index in [1.165, 1.54) is 6.07 Å². The van der Waals surface area contributed by atoms with Crippen LogP contribution in [0.15, 0.2) is 6.07 Å². The fraction of sp³-hybridized carbons (Fsp3) is 0.500. The summed E-state index contributed by atoms with van der Waals surface area (Å²) in [5, 5.41) is 25.1. The average molecular weight is 267 g/mol. The van der Waals surface area contributed by atoms with Crippen molar-refractivity contribution in [3.63, 3.8) is 0 Å². The number of nitrogens with zero attached hydrogens (tertiary/aromatic N) is 2. The summed E-state index contributed by atoms with van der Waals surface area (Å²) in [6.07, 6.45) is 0. The minimum absolute atomic E-state index is 0.00759. The molecular formula is C12H17N3O4. The van der Waals surface area contributed by atoms with Gasteiger partial charge in [-0.3, -0.25) is 20.2 Å². The van der Waals surface area contributed by atoms with Crippen LogP contribution in [-0.4, -0.2) is 16.4 Å². The zero-order valence-electron chi connectivity index (χ0n) is 11.4. The number of nitrogens with one attached hydrogen (secondary N) is 1. The SMILES string of the molecule is CCNc1c([N+](=O)[O-])cc(C)c(C(C)C)c1[N+](=O)[O-]. The van der Waals surface area contributed by atoms with Crippen LogP contribution in [0.3, 0.4) is 0 Å². The van der Waals surface area contributed by atoms with E-state index >= 15 is 0 Å². The Hall–Kier alpha value is -2.18. The Morgan fingerprint density at radius 2 is 1.84 bits per heavy atom. The molecule has 0 amide bonds. The van der Waals surface area contributed by atoms with Gasteiger partial charge in [-0.1, -0.05) is 13.8 Å². The van der Waals surface area contributed by atoms with E-state index in [1.54, 1.807) is 13.8 Å². The first-order valence-corrected chi connectivity index (χ1v) is 6.01. The van der Waals surface area contributed by atoms with Crippen LogP contribution < -0.4 is 5.32 Å². The number of anilines is 1. The monoisotopic (exact) mass is 267 g/mol. The van der Waals surface area contributed by atoms with Crippen molar-refractivity contribution in [2.45, 2.75) is 33.6 Å². The number of hydrogen-bond acceptors (Lipinski definition) is 5. The molecule has 0 radical (unpaired) electrons. The van der Waals surface area contributed by atoms with E-state index in [9.17, 15) is 20.2 Å². The highest BCUT2D eigenvalue weighted by molar-refractivity contribution is 5.78. The number of aryl methyl sites for hydroxylation is 1. The van der Waals surface area contributed by atoms with Crippen LogP contribution in [0.2, 0.25) is 0 Å². The molecule has 1 aromatic rings. The molecule has 0 aliphatic rings. The Morgan fingerprint density at radius 1 is 1.26 bits per heavy atom. The zero-order valence-corrected chi connectivity index (χ0v) is 11.4. The lowest BCUT2D eigenvalue weighted by Gasteiger charge is -2.14. The highest BCUT2D eigenvalue weighted by Gasteiger charge is 2.31. The Kier molecular flexibility index (Phi) is 4.42. The van der Waals surface area contributed by atoms with Gasteiger partial charge in [0.05, 0.1) is 9.85 Å². The Balaban J connectivity index is 3.75. The van der Waals surface area contributed by atoms with Gasteiger partial charge < -0.3 is 5.32 Å². The smallest absolute Gasteiger partial charge is 0.303 e. The lowest BCUT2D eigenvalue weighted by atomic mass is 9.94. The van der Waals surface area contributed by atoms with Gasteiger partial charge >= 0.3 is 5.69 Å². The maximum atomic E-state index is 11.3. The van der Waals surface area contributed by atoms with Crippen LogP contribution >= 0.6 is 0 Å². The molecular weight excluding hydrogens is 250 g/mol. The maximum absolute atomic E-state index is 11.3. The number of benzene rings is 1. The molecule has 1 rings (SSSR count). The first-order chi connectivity index (χ1) is 8.81. The minimum Gasteiger partial charge on any atom is -0.374 e. The molecule has 1 aromatic carbocycles. The summed E-state index contributed by atoms with van der Waals surface area (Å²) in [6, 6.07) is 1.39. The summed E-state index contributed by atoms with van der Waals surface area (Å²) in [6.45, 7) is 7.43. The van der Waals surface area contributed by atoms with Crippen molar-refractivity contribution in [1.82, 2.24) is 0 Å². The van der Waals surface area contributed by atoms with Crippen molar-refractivity contribution < 1.29 is 9.85 Å². The number of hydrogen-bond donors (Lipinski definition) is 1. The molecule has 0 aromatic heterocycles. The highest BCUT2D eigenvalue weighted by Crippen LogP contribution is 2.42. The van der Waals surface area contributed by atoms with E-state index in [1.807, 2.05) is 13.8 Å². The Morgan fingerprint density at radius 3 is 2.21 bits per heavy atom. The van der Waals surface area contributed by atoms with Gasteiger partial charge in [-0.15, -0.1) is 0 Å². The molecule has 0 unspecified atom stereocenters. The minimum atomic E-state index is -0.595. The van der Waals surface area contributed by atoms with Crippen molar-refractivity contribution in [2.75, 3.05) is 11.9 Å². The molecule has 19 heavy (non-hydrogen) atoms. The zero-order chi connectivity index (χ0) is 14.7. The molecule has 0 spiro atoms. The van der Waals surface area contributed by atoms with Crippen LogP contribution in [0.4, 0.5) is 17.1 Å². The van der Waals surface area contributed by atoms with E-state index in [2.05, 4.69) is 5.32 Å². The molecule has 7 nitrogen and oxygen atoms in total. The van der Waals surface area contributed by atoms with E-state index < -0.39 is 9.85 Å². The summed E-state index contributed by atoms with van der Waals surface area (Å²) >= 11 is 0. The van der Waals surface area contributed by atoms with Crippen molar-refractivity contribution in [1.29, 1.82) is 0 Å². The first kappa shape index (κ1) is 14.9. The maximum Gasteiger partial charge on any atom is 0.303 e. The predicted molar refractivity (Wildman–Crippen MR) is 72.7 cm³/mol. The largest absolute Gasteiger partial charge is 0.374 e. The fourth-order valence-corrected chi connectivity index (χ4v) is 2.21. The molecule has 0 bridgehead atoms. The molecule has 0 aliphatic heterocycles. The summed E-state index contributed by atoms with van der Waals surface area (Å²) in [7, 11) is 0. The normalized spacial score (nSPS) is 10.6. The van der Waals surface area contributed by atoms with Gasteiger partial charge in [0.2, 0.25) is 0 Å². The van der Waals surface area contributed by atoms with Gasteiger partial charge in [-0.2, -0.15) is 0 Å². The van der Waals surface area contributed by atoms with Crippen molar-refractivity contribution >= 4 is 17.1 Å². The van der Waals surface area contributed by atoms with Crippen molar-refractivity contribution in [3.8, 4) is 0 Å². The van der Waals surface area contributed by atoms with E-state index in [-0.39, 0.29) is 23.0 Å². The Bertz CT molecular complexity index is 526. The molecule has 1 N–H and O–H groups in total. The van der Waals surface area contributed by atoms with E-state index in [0.29, 0.717) is 17.7 Å². The molecule has 0 saturated heterocycles. The second-order valence-corrected chi connectivity index (χ2v) is 4.55. The third-order valence-electron chi connectivity index (χ3n) is 2.84. The molecule has 0 atom stereocenters. The van der Waals surface area contributed by atoms with Gasteiger partial charge in [0.1, 0.15) is 0 Å². The van der Waals surface area contributed by atoms with E-state index in [0.717, 1.165) is 0 Å². The summed E-state index contributed by atoms with van der Waals surface area (Å²) in [4.78, 5) is 21.2. The first-order valence-electron chi connectivity index (χ1n) is 6.01. The van der Waals surface area contributed by atoms with Crippen molar-refractivity contribution in [2.24, 2.45) is 0 Å². The second-order valence-electron chi connectivity index (χ2n) is 4.55. The van der Waals surface area contributed by atoms with Gasteiger partial charge in [0.15, 0.2) is 5.69 Å². The molecule has 104 valence electrons. The number of rotatable bonds is 5. The molecule has 0 saturated carbocycles. The lowest BCUT2D eigenvalue weighted by molar-refractivity contribution is -0.392. The van der Waals surface area contributed by atoms with Crippen LogP contribution in [0.25, 0.3) is 0 Å². The van der Waals surface area contributed by atoms with Crippen LogP contribution in [-0.2, 0) is 0 Å². The molecule has 0 fully saturated rings. The van der Waals surface area contributed by atoms with E-state index in [4.69, 9.17) is 0 Å². The lowest BCUT2D eigenvalue weighted by Crippen LogP contribution is -2.09. The third kappa shape index (κ3) is 2.81. The predicted octanol–water partition coefficient (Wildman–Crippen LogP) is 3.37. The van der Waals surface area contributed by atoms with Gasteiger partial charge in [-0.05, 0) is 25.3 Å². The molecule has 0 heterocycles. The number of nitro benzene ring substituents is 2. The highest BCUT2D eigenvalue weighted by atomic mass is 16.6. The standard InChI is InChI=1S/C12H17N3O4/c1-5-13-11-9(14(16)17)6-8(4)10(7(2)3)12(11)15(18)19/h6-7,13H,5H2,1-4H3. The van der Waals surface area contributed by atoms with Gasteiger partial charge in [-0.25, -0.2) is 0 Å². The molecule has 7 heteroatoms. The fourth-order valence-electron chi connectivity index (χ4n) is 2.21. The average Bonchev–Trinajstić information content (AvgIpc) is 2.29. The summed E-state index contributed by atoms with van der Waals surface area (Å²) in [5.41, 5.74) is 0.646. The molecule has 0 aliphatic carbocycles. The van der Waals surface area contributed by atoms with Gasteiger partial charge in [0, 0.05) is 18.2 Å². The summed E-state index contributed by atoms with van der Waals surface area (Å²) < 4.78 is 0. The van der Waals surface area contributed by atoms with Gasteiger partial charge in [0.25, 0.3) is 5.69 Å². The quantitative estimate of drug-likeness (QED) is 0.651. The third-order valence-corrected chi connectivity index (χ3v) is 2.84. The second kappa shape index (κ2) is 5.64. The number of nitro groups is 2.